The maximum absolute atomic E-state index is 3.94. The van der Waals surface area contributed by atoms with Crippen LogP contribution in [0.1, 0.15) is 19.4 Å². The molecule has 1 nitrogen and oxygen atoms in total. The summed E-state index contributed by atoms with van der Waals surface area (Å²) in [5, 5.41) is 3.23. The van der Waals surface area contributed by atoms with E-state index in [0.717, 1.165) is 11.4 Å². The van der Waals surface area contributed by atoms with E-state index in [-0.39, 0.29) is 0 Å². The molecule has 1 rings (SSSR count). The molecule has 0 amide bonds. The topological polar surface area (TPSA) is 12.0 Å². The minimum absolute atomic E-state index is 0.890. The molecular weight excluding hydrogens is 194 g/mol. The molecule has 0 aliphatic carbocycles. The molecule has 1 aromatic carbocycles. The molecule has 0 heterocycles. The molecule has 1 aromatic rings. The van der Waals surface area contributed by atoms with Gasteiger partial charge < -0.3 is 5.32 Å². The average molecular weight is 213 g/mol. The molecule has 84 valence electrons. The molecule has 0 spiro atoms. The molecule has 0 aromatic heterocycles. The molecular formula is C15H19N. The minimum Gasteiger partial charge on any atom is -0.356 e. The van der Waals surface area contributed by atoms with Crippen molar-refractivity contribution in [3.05, 3.63) is 65.9 Å². The van der Waals surface area contributed by atoms with Crippen LogP contribution in [-0.2, 0) is 0 Å². The van der Waals surface area contributed by atoms with Gasteiger partial charge in [-0.1, -0.05) is 42.0 Å². The van der Waals surface area contributed by atoms with Gasteiger partial charge in [0.05, 0.1) is 0 Å². The van der Waals surface area contributed by atoms with Gasteiger partial charge in [-0.05, 0) is 39.0 Å². The van der Waals surface area contributed by atoms with Gasteiger partial charge in [0.2, 0.25) is 0 Å². The van der Waals surface area contributed by atoms with Crippen molar-refractivity contribution in [2.75, 3.05) is 5.32 Å². The summed E-state index contributed by atoms with van der Waals surface area (Å²) in [5.41, 5.74) is 4.49. The van der Waals surface area contributed by atoms with Gasteiger partial charge in [-0.15, -0.1) is 0 Å². The van der Waals surface area contributed by atoms with Gasteiger partial charge in [0.25, 0.3) is 0 Å². The van der Waals surface area contributed by atoms with E-state index in [1.807, 2.05) is 12.2 Å². The van der Waals surface area contributed by atoms with Gasteiger partial charge in [-0.3, -0.25) is 0 Å². The Morgan fingerprint density at radius 1 is 1.19 bits per heavy atom. The Morgan fingerprint density at radius 3 is 2.38 bits per heavy atom. The standard InChI is InChI=1S/C15H19N/c1-12(2)6-5-7-14(4)16-15-10-8-13(3)9-11-15/h5-11,16H,4H2,1-3H3/b7-5-. The Morgan fingerprint density at radius 2 is 1.81 bits per heavy atom. The van der Waals surface area contributed by atoms with Crippen LogP contribution < -0.4 is 5.32 Å². The molecule has 1 heteroatoms. The maximum atomic E-state index is 3.94. The predicted molar refractivity (Wildman–Crippen MR) is 72.5 cm³/mol. The van der Waals surface area contributed by atoms with Crippen molar-refractivity contribution in [1.29, 1.82) is 0 Å². The van der Waals surface area contributed by atoms with Crippen LogP contribution >= 0.6 is 0 Å². The second-order valence-corrected chi connectivity index (χ2v) is 4.12. The zero-order valence-corrected chi connectivity index (χ0v) is 10.2. The summed E-state index contributed by atoms with van der Waals surface area (Å²) in [4.78, 5) is 0. The van der Waals surface area contributed by atoms with E-state index in [4.69, 9.17) is 0 Å². The highest BCUT2D eigenvalue weighted by molar-refractivity contribution is 5.50. The molecule has 0 aliphatic rings. The van der Waals surface area contributed by atoms with E-state index >= 15 is 0 Å². The molecule has 0 saturated carbocycles. The van der Waals surface area contributed by atoms with Crippen LogP contribution in [0.4, 0.5) is 5.69 Å². The Kier molecular flexibility index (Phi) is 4.59. The van der Waals surface area contributed by atoms with Crippen molar-refractivity contribution in [2.24, 2.45) is 0 Å². The normalized spacial score (nSPS) is 10.2. The number of hydrogen-bond acceptors (Lipinski definition) is 1. The van der Waals surface area contributed by atoms with Crippen LogP contribution in [0.2, 0.25) is 0 Å². The predicted octanol–water partition coefficient (Wildman–Crippen LogP) is 4.44. The summed E-state index contributed by atoms with van der Waals surface area (Å²) >= 11 is 0. The van der Waals surface area contributed by atoms with E-state index < -0.39 is 0 Å². The average Bonchev–Trinajstić information content (AvgIpc) is 2.21. The zero-order valence-electron chi connectivity index (χ0n) is 10.2. The molecule has 16 heavy (non-hydrogen) atoms. The Bertz CT molecular complexity index is 404. The first-order valence-electron chi connectivity index (χ1n) is 5.42. The van der Waals surface area contributed by atoms with Crippen molar-refractivity contribution in [1.82, 2.24) is 0 Å². The minimum atomic E-state index is 0.890. The van der Waals surface area contributed by atoms with Crippen molar-refractivity contribution in [2.45, 2.75) is 20.8 Å². The lowest BCUT2D eigenvalue weighted by molar-refractivity contribution is 1.39. The largest absolute Gasteiger partial charge is 0.356 e. The van der Waals surface area contributed by atoms with Gasteiger partial charge in [-0.25, -0.2) is 0 Å². The molecule has 0 fully saturated rings. The lowest BCUT2D eigenvalue weighted by atomic mass is 10.2. The Balaban J connectivity index is 2.55. The molecule has 0 radical (unpaired) electrons. The van der Waals surface area contributed by atoms with E-state index in [1.54, 1.807) is 0 Å². The fraction of sp³-hybridized carbons (Fsp3) is 0.200. The van der Waals surface area contributed by atoms with Crippen LogP contribution in [0.25, 0.3) is 0 Å². The Hall–Kier alpha value is -1.76. The highest BCUT2D eigenvalue weighted by Gasteiger charge is 1.91. The molecule has 0 saturated heterocycles. The molecule has 0 atom stereocenters. The fourth-order valence-electron chi connectivity index (χ4n) is 1.22. The first kappa shape index (κ1) is 12.3. The number of benzene rings is 1. The van der Waals surface area contributed by atoms with Crippen LogP contribution in [0.3, 0.4) is 0 Å². The summed E-state index contributed by atoms with van der Waals surface area (Å²) in [6, 6.07) is 8.26. The monoisotopic (exact) mass is 213 g/mol. The van der Waals surface area contributed by atoms with Gasteiger partial charge in [-0.2, -0.15) is 0 Å². The zero-order chi connectivity index (χ0) is 12.0. The molecule has 0 unspecified atom stereocenters. The van der Waals surface area contributed by atoms with Crippen molar-refractivity contribution in [3.63, 3.8) is 0 Å². The third-order valence-electron chi connectivity index (χ3n) is 2.08. The molecule has 1 N–H and O–H groups in total. The summed E-state index contributed by atoms with van der Waals surface area (Å²) in [5.74, 6) is 0. The number of allylic oxidation sites excluding steroid dienone is 4. The third kappa shape index (κ3) is 4.65. The van der Waals surface area contributed by atoms with E-state index in [1.165, 1.54) is 11.1 Å². The van der Waals surface area contributed by atoms with Crippen LogP contribution in [0, 0.1) is 6.92 Å². The van der Waals surface area contributed by atoms with E-state index in [9.17, 15) is 0 Å². The van der Waals surface area contributed by atoms with Gasteiger partial charge in [0.15, 0.2) is 0 Å². The first-order valence-corrected chi connectivity index (χ1v) is 5.42. The second kappa shape index (κ2) is 5.96. The molecule has 0 bridgehead atoms. The fourth-order valence-corrected chi connectivity index (χ4v) is 1.22. The van der Waals surface area contributed by atoms with E-state index in [2.05, 4.69) is 63.0 Å². The lowest BCUT2D eigenvalue weighted by Crippen LogP contribution is -1.94. The number of hydrogen-bond donors (Lipinski definition) is 1. The number of rotatable bonds is 4. The molecule has 0 aliphatic heterocycles. The summed E-state index contributed by atoms with van der Waals surface area (Å²) in [7, 11) is 0. The quantitative estimate of drug-likeness (QED) is 0.729. The highest BCUT2D eigenvalue weighted by atomic mass is 14.9. The number of anilines is 1. The summed E-state index contributed by atoms with van der Waals surface area (Å²) < 4.78 is 0. The van der Waals surface area contributed by atoms with Crippen LogP contribution in [0.15, 0.2) is 60.3 Å². The summed E-state index contributed by atoms with van der Waals surface area (Å²) in [6.45, 7) is 10.2. The van der Waals surface area contributed by atoms with E-state index in [0.29, 0.717) is 0 Å². The number of aryl methyl sites for hydroxylation is 1. The Labute approximate surface area is 98.2 Å². The SMILES string of the molecule is C=C(/C=C\C=C(C)C)Nc1ccc(C)cc1. The lowest BCUT2D eigenvalue weighted by Gasteiger charge is -2.05. The smallest absolute Gasteiger partial charge is 0.0384 e. The highest BCUT2D eigenvalue weighted by Crippen LogP contribution is 2.11. The van der Waals surface area contributed by atoms with Gasteiger partial charge >= 0.3 is 0 Å². The second-order valence-electron chi connectivity index (χ2n) is 4.12. The third-order valence-corrected chi connectivity index (χ3v) is 2.08. The number of nitrogens with one attached hydrogen (secondary N) is 1. The first-order chi connectivity index (χ1) is 7.58. The summed E-state index contributed by atoms with van der Waals surface area (Å²) in [6.07, 6.45) is 6.02. The van der Waals surface area contributed by atoms with Crippen LogP contribution in [-0.4, -0.2) is 0 Å². The maximum Gasteiger partial charge on any atom is 0.0384 e. The van der Waals surface area contributed by atoms with Crippen molar-refractivity contribution >= 4 is 5.69 Å². The van der Waals surface area contributed by atoms with Gasteiger partial charge in [0.1, 0.15) is 0 Å². The van der Waals surface area contributed by atoms with Gasteiger partial charge in [0, 0.05) is 11.4 Å². The van der Waals surface area contributed by atoms with Crippen molar-refractivity contribution < 1.29 is 0 Å². The van der Waals surface area contributed by atoms with Crippen molar-refractivity contribution in [3.8, 4) is 0 Å². The van der Waals surface area contributed by atoms with Crippen LogP contribution in [0.5, 0.6) is 0 Å².